The van der Waals surface area contributed by atoms with Gasteiger partial charge in [-0.15, -0.1) is 0 Å². The third-order valence-electron chi connectivity index (χ3n) is 0.607. The minimum Gasteiger partial charge on any atom is -0.397 e. The van der Waals surface area contributed by atoms with Crippen molar-refractivity contribution in [2.24, 2.45) is 0 Å². The summed E-state index contributed by atoms with van der Waals surface area (Å²) >= 11 is 0. The maximum Gasteiger partial charge on any atom is 2.00 e. The minimum absolute atomic E-state index is 0. The fourth-order valence-electron chi connectivity index (χ4n) is 0.342. The average Bonchev–Trinajstić information content (AvgIpc) is 2.24. The van der Waals surface area contributed by atoms with Gasteiger partial charge in [0.2, 0.25) is 0 Å². The summed E-state index contributed by atoms with van der Waals surface area (Å²) < 4.78 is 0. The Bertz CT molecular complexity index is 117. The first kappa shape index (κ1) is 30.1. The summed E-state index contributed by atoms with van der Waals surface area (Å²) in [6, 6.07) is 12.5. The quantitative estimate of drug-likeness (QED) is 0.502. The van der Waals surface area contributed by atoms with E-state index < -0.39 is 0 Å². The van der Waals surface area contributed by atoms with Gasteiger partial charge in [-0.3, -0.25) is 0 Å². The molecule has 0 saturated carbocycles. The van der Waals surface area contributed by atoms with Crippen molar-refractivity contribution in [2.45, 2.75) is 20.8 Å². The van der Waals surface area contributed by atoms with Gasteiger partial charge < -0.3 is 22.7 Å². The Hall–Kier alpha value is -0.186. The molecule has 0 aromatic heterocycles. The van der Waals surface area contributed by atoms with E-state index in [-0.39, 0.29) is 49.0 Å². The summed E-state index contributed by atoms with van der Waals surface area (Å²) in [5.74, 6) is 0. The van der Waals surface area contributed by atoms with Crippen LogP contribution < -0.4 is 0 Å². The van der Waals surface area contributed by atoms with Crippen LogP contribution >= 0.6 is 0 Å². The van der Waals surface area contributed by atoms with E-state index in [1.807, 2.05) is 30.3 Å². The molecule has 1 aromatic rings. The second-order valence-corrected chi connectivity index (χ2v) is 2.03. The normalized spacial score (nSPS) is 6.00. The molecule has 0 heterocycles. The van der Waals surface area contributed by atoms with E-state index in [1.54, 1.807) is 20.8 Å². The summed E-state index contributed by atoms with van der Waals surface area (Å²) in [4.78, 5) is 0. The van der Waals surface area contributed by atoms with Gasteiger partial charge >= 0.3 is 21.7 Å². The largest absolute Gasteiger partial charge is 2.00 e. The molecular formula is C13H26O3Ti. The second kappa shape index (κ2) is 44.7. The van der Waals surface area contributed by atoms with E-state index >= 15 is 0 Å². The first-order valence-electron chi connectivity index (χ1n) is 4.98. The summed E-state index contributed by atoms with van der Waals surface area (Å²) in [7, 11) is 0. The van der Waals surface area contributed by atoms with Crippen LogP contribution in [0, 0.1) is 13.5 Å². The van der Waals surface area contributed by atoms with E-state index in [9.17, 15) is 0 Å². The molecule has 3 N–H and O–H groups in total. The first-order chi connectivity index (χ1) is 7.24. The third-order valence-corrected chi connectivity index (χ3v) is 0.607. The van der Waals surface area contributed by atoms with Crippen molar-refractivity contribution in [1.29, 1.82) is 0 Å². The zero-order valence-electron chi connectivity index (χ0n) is 11.3. The zero-order chi connectivity index (χ0) is 12.4. The number of benzene rings is 1. The van der Waals surface area contributed by atoms with Crippen molar-refractivity contribution in [1.82, 2.24) is 0 Å². The first-order valence-corrected chi connectivity index (χ1v) is 4.98. The summed E-state index contributed by atoms with van der Waals surface area (Å²) in [6.07, 6.45) is 0. The van der Waals surface area contributed by atoms with Gasteiger partial charge in [-0.05, 0) is 20.8 Å². The minimum atomic E-state index is 0. The molecular weight excluding hydrogens is 252 g/mol. The van der Waals surface area contributed by atoms with Crippen LogP contribution in [0.15, 0.2) is 30.3 Å². The van der Waals surface area contributed by atoms with E-state index in [0.717, 1.165) is 0 Å². The van der Waals surface area contributed by atoms with Gasteiger partial charge in [0, 0.05) is 19.8 Å². The van der Waals surface area contributed by atoms with Gasteiger partial charge in [0.1, 0.15) is 0 Å². The monoisotopic (exact) mass is 278 g/mol. The number of aliphatic hydroxyl groups excluding tert-OH is 3. The van der Waals surface area contributed by atoms with Crippen molar-refractivity contribution in [3.05, 3.63) is 43.8 Å². The third kappa shape index (κ3) is 89.3. The Morgan fingerprint density at radius 3 is 1.06 bits per heavy atom. The van der Waals surface area contributed by atoms with Gasteiger partial charge in [-0.2, -0.15) is 36.4 Å². The molecule has 0 aliphatic heterocycles. The van der Waals surface area contributed by atoms with E-state index in [4.69, 9.17) is 15.3 Å². The van der Waals surface area contributed by atoms with Crippen LogP contribution in [0.3, 0.4) is 0 Å². The molecule has 100 valence electrons. The van der Waals surface area contributed by atoms with Gasteiger partial charge in [0.15, 0.2) is 0 Å². The summed E-state index contributed by atoms with van der Waals surface area (Å²) in [6.45, 7) is 5.79. The fraction of sp³-hybridized carbons (Fsp3) is 0.462. The van der Waals surface area contributed by atoms with E-state index in [1.165, 1.54) is 0 Å². The molecule has 0 bridgehead atoms. The zero-order valence-corrected chi connectivity index (χ0v) is 12.9. The van der Waals surface area contributed by atoms with Crippen LogP contribution in [0.5, 0.6) is 0 Å². The van der Waals surface area contributed by atoms with Gasteiger partial charge in [0.05, 0.1) is 0 Å². The van der Waals surface area contributed by atoms with E-state index in [2.05, 4.69) is 6.07 Å². The van der Waals surface area contributed by atoms with Crippen LogP contribution in [0.4, 0.5) is 0 Å². The van der Waals surface area contributed by atoms with Crippen LogP contribution in [-0.4, -0.2) is 35.1 Å². The molecule has 0 saturated heterocycles. The van der Waals surface area contributed by atoms with Crippen molar-refractivity contribution in [2.75, 3.05) is 19.8 Å². The number of rotatable bonds is 0. The summed E-state index contributed by atoms with van der Waals surface area (Å²) in [5, 5.41) is 22.7. The Morgan fingerprint density at radius 2 is 1.00 bits per heavy atom. The second-order valence-electron chi connectivity index (χ2n) is 2.03. The van der Waals surface area contributed by atoms with Crippen LogP contribution in [-0.2, 0) is 21.7 Å². The van der Waals surface area contributed by atoms with Crippen LogP contribution in [0.1, 0.15) is 20.8 Å². The molecule has 0 aliphatic rings. The topological polar surface area (TPSA) is 60.7 Å². The molecule has 0 unspecified atom stereocenters. The van der Waals surface area contributed by atoms with Gasteiger partial charge in [0.25, 0.3) is 0 Å². The Morgan fingerprint density at radius 1 is 0.765 bits per heavy atom. The van der Waals surface area contributed by atoms with Crippen LogP contribution in [0.2, 0.25) is 0 Å². The number of hydrogen-bond donors (Lipinski definition) is 3. The molecule has 1 rings (SSSR count). The van der Waals surface area contributed by atoms with Crippen LogP contribution in [0.25, 0.3) is 0 Å². The smallest absolute Gasteiger partial charge is 0.397 e. The van der Waals surface area contributed by atoms with Crippen molar-refractivity contribution < 1.29 is 37.0 Å². The van der Waals surface area contributed by atoms with Crippen molar-refractivity contribution in [3.63, 3.8) is 0 Å². The molecule has 0 amide bonds. The predicted molar refractivity (Wildman–Crippen MR) is 70.0 cm³/mol. The maximum absolute atomic E-state index is 7.57. The molecule has 0 aliphatic carbocycles. The van der Waals surface area contributed by atoms with E-state index in [0.29, 0.717) is 0 Å². The SMILES string of the molecule is CCO.CCO.CCO.[CH3-].[Ti+2].[c-]1ccccc1. The van der Waals surface area contributed by atoms with Crippen molar-refractivity contribution in [3.8, 4) is 0 Å². The molecule has 0 atom stereocenters. The standard InChI is InChI=1S/C6H5.3C2H6O.CH3.Ti/c1-2-4-6-5-3-1;3*1-2-3;;/h1-5H;3*3H,2H2,1H3;1H3;/q-1;;;;-1;+2. The molecule has 4 heteroatoms. The predicted octanol–water partition coefficient (Wildman–Crippen LogP) is 1.93. The van der Waals surface area contributed by atoms with Gasteiger partial charge in [-0.25, -0.2) is 0 Å². The van der Waals surface area contributed by atoms with Crippen molar-refractivity contribution >= 4 is 0 Å². The van der Waals surface area contributed by atoms with Gasteiger partial charge in [-0.1, -0.05) is 0 Å². The number of aliphatic hydroxyl groups is 3. The summed E-state index contributed by atoms with van der Waals surface area (Å²) in [5.41, 5.74) is 0. The Kier molecular flexibility index (Phi) is 79.2. The fourth-order valence-corrected chi connectivity index (χ4v) is 0.342. The molecule has 1 aromatic carbocycles. The molecule has 0 fully saturated rings. The average molecular weight is 278 g/mol. The maximum atomic E-state index is 7.57. The Labute approximate surface area is 121 Å². The molecule has 0 spiro atoms. The molecule has 17 heavy (non-hydrogen) atoms. The molecule has 3 nitrogen and oxygen atoms in total. The Balaban J connectivity index is -0.0000000390. The number of hydrogen-bond acceptors (Lipinski definition) is 3. The molecule has 0 radical (unpaired) electrons.